The monoisotopic (exact) mass is 160 g/mol. The van der Waals surface area contributed by atoms with Gasteiger partial charge in [-0.2, -0.15) is 0 Å². The molecule has 1 fully saturated rings. The molecule has 0 spiro atoms. The molecule has 0 saturated heterocycles. The van der Waals surface area contributed by atoms with Crippen LogP contribution in [0, 0.1) is 0 Å². The number of benzene rings is 1. The van der Waals surface area contributed by atoms with Crippen LogP contribution in [0.25, 0.3) is 0 Å². The molecule has 62 valence electrons. The Morgan fingerprint density at radius 2 is 1.83 bits per heavy atom. The Kier molecular flexibility index (Phi) is 1.72. The van der Waals surface area contributed by atoms with Gasteiger partial charge >= 0.3 is 0 Å². The van der Waals surface area contributed by atoms with Gasteiger partial charge < -0.3 is 0 Å². The minimum Gasteiger partial charge on any atom is -0.295 e. The smallest absolute Gasteiger partial charge is 0.159 e. The fourth-order valence-corrected chi connectivity index (χ4v) is 1.41. The summed E-state index contributed by atoms with van der Waals surface area (Å²) in [6.07, 6.45) is 2.64. The second-order valence-electron chi connectivity index (χ2n) is 3.45. The molecular formula is C11H12O. The third kappa shape index (κ3) is 1.40. The predicted molar refractivity (Wildman–Crippen MR) is 48.4 cm³/mol. The van der Waals surface area contributed by atoms with Crippen molar-refractivity contribution in [1.82, 2.24) is 0 Å². The van der Waals surface area contributed by atoms with Crippen LogP contribution in [-0.4, -0.2) is 5.78 Å². The molecule has 0 heterocycles. The van der Waals surface area contributed by atoms with Gasteiger partial charge in [0, 0.05) is 5.56 Å². The van der Waals surface area contributed by atoms with Gasteiger partial charge in [-0.05, 0) is 31.2 Å². The van der Waals surface area contributed by atoms with Crippen LogP contribution in [-0.2, 0) is 0 Å². The summed E-state index contributed by atoms with van der Waals surface area (Å²) < 4.78 is 0. The average Bonchev–Trinajstić information content (AvgIpc) is 2.87. The summed E-state index contributed by atoms with van der Waals surface area (Å²) in [5.74, 6) is 0.934. The lowest BCUT2D eigenvalue weighted by atomic mass is 10.1. The van der Waals surface area contributed by atoms with Crippen molar-refractivity contribution in [3.05, 3.63) is 35.4 Å². The van der Waals surface area contributed by atoms with Crippen LogP contribution in [0.2, 0.25) is 0 Å². The number of hydrogen-bond donors (Lipinski definition) is 0. The van der Waals surface area contributed by atoms with Crippen LogP contribution in [0.1, 0.15) is 41.6 Å². The van der Waals surface area contributed by atoms with Gasteiger partial charge in [0.05, 0.1) is 0 Å². The Hall–Kier alpha value is -1.11. The summed E-state index contributed by atoms with van der Waals surface area (Å²) in [6, 6.07) is 8.01. The Bertz CT molecular complexity index is 293. The number of hydrogen-bond acceptors (Lipinski definition) is 1. The first-order valence-electron chi connectivity index (χ1n) is 4.38. The molecule has 0 aromatic heterocycles. The Labute approximate surface area is 72.4 Å². The molecule has 12 heavy (non-hydrogen) atoms. The van der Waals surface area contributed by atoms with E-state index < -0.39 is 0 Å². The quantitative estimate of drug-likeness (QED) is 0.608. The Balaban J connectivity index is 2.24. The van der Waals surface area contributed by atoms with Gasteiger partial charge in [-0.3, -0.25) is 4.79 Å². The van der Waals surface area contributed by atoms with E-state index in [0.717, 1.165) is 11.5 Å². The van der Waals surface area contributed by atoms with E-state index in [1.54, 1.807) is 6.92 Å². The number of rotatable bonds is 2. The molecule has 1 saturated carbocycles. The first kappa shape index (κ1) is 7.53. The molecule has 1 heteroatoms. The average molecular weight is 160 g/mol. The van der Waals surface area contributed by atoms with Crippen LogP contribution in [0.15, 0.2) is 24.3 Å². The predicted octanol–water partition coefficient (Wildman–Crippen LogP) is 2.77. The molecule has 0 radical (unpaired) electrons. The summed E-state index contributed by atoms with van der Waals surface area (Å²) in [7, 11) is 0. The van der Waals surface area contributed by atoms with Gasteiger partial charge in [0.15, 0.2) is 5.78 Å². The van der Waals surface area contributed by atoms with Gasteiger partial charge in [-0.15, -0.1) is 0 Å². The molecule has 2 rings (SSSR count). The minimum atomic E-state index is 0.150. The van der Waals surface area contributed by atoms with Crippen molar-refractivity contribution in [1.29, 1.82) is 0 Å². The zero-order valence-corrected chi connectivity index (χ0v) is 7.21. The van der Waals surface area contributed by atoms with Gasteiger partial charge in [0.25, 0.3) is 0 Å². The first-order valence-corrected chi connectivity index (χ1v) is 4.38. The normalized spacial score (nSPS) is 16.1. The first-order chi connectivity index (χ1) is 5.77. The maximum Gasteiger partial charge on any atom is 0.159 e. The van der Waals surface area contributed by atoms with Crippen LogP contribution < -0.4 is 0 Å². The lowest BCUT2D eigenvalue weighted by Crippen LogP contribution is -1.91. The summed E-state index contributed by atoms with van der Waals surface area (Å²) in [4.78, 5) is 10.9. The van der Waals surface area contributed by atoms with Gasteiger partial charge in [-0.25, -0.2) is 0 Å². The Morgan fingerprint density at radius 1 is 1.25 bits per heavy atom. The van der Waals surface area contributed by atoms with Crippen LogP contribution in [0.4, 0.5) is 0 Å². The van der Waals surface area contributed by atoms with E-state index in [9.17, 15) is 4.79 Å². The molecule has 0 amide bonds. The highest BCUT2D eigenvalue weighted by Gasteiger charge is 2.22. The van der Waals surface area contributed by atoms with E-state index >= 15 is 0 Å². The van der Waals surface area contributed by atoms with Gasteiger partial charge in [0.2, 0.25) is 0 Å². The maximum absolute atomic E-state index is 10.9. The van der Waals surface area contributed by atoms with Gasteiger partial charge in [-0.1, -0.05) is 24.3 Å². The van der Waals surface area contributed by atoms with E-state index in [-0.39, 0.29) is 5.78 Å². The molecule has 0 atom stereocenters. The lowest BCUT2D eigenvalue weighted by Gasteiger charge is -1.98. The molecule has 1 aliphatic rings. The van der Waals surface area contributed by atoms with E-state index in [4.69, 9.17) is 0 Å². The number of Topliss-reactive ketones (excluding diaryl/α,β-unsaturated/α-hetero) is 1. The van der Waals surface area contributed by atoms with E-state index in [1.807, 2.05) is 12.1 Å². The highest BCUT2D eigenvalue weighted by molar-refractivity contribution is 5.94. The van der Waals surface area contributed by atoms with Crippen LogP contribution in [0.3, 0.4) is 0 Å². The van der Waals surface area contributed by atoms with Crippen molar-refractivity contribution in [3.63, 3.8) is 0 Å². The van der Waals surface area contributed by atoms with Crippen molar-refractivity contribution in [2.75, 3.05) is 0 Å². The van der Waals surface area contributed by atoms with Crippen LogP contribution >= 0.6 is 0 Å². The standard InChI is InChI=1S/C11H12O/c1-8(12)9-2-4-10(5-3-9)11-6-7-11/h2-5,11H,6-7H2,1H3. The lowest BCUT2D eigenvalue weighted by molar-refractivity contribution is 0.101. The molecular weight excluding hydrogens is 148 g/mol. The Morgan fingerprint density at radius 3 is 2.25 bits per heavy atom. The fourth-order valence-electron chi connectivity index (χ4n) is 1.41. The number of ketones is 1. The zero-order chi connectivity index (χ0) is 8.55. The van der Waals surface area contributed by atoms with Crippen molar-refractivity contribution in [2.45, 2.75) is 25.7 Å². The number of carbonyl (C=O) groups excluding carboxylic acids is 1. The van der Waals surface area contributed by atoms with Crippen molar-refractivity contribution in [2.24, 2.45) is 0 Å². The second kappa shape index (κ2) is 2.74. The molecule has 1 aliphatic carbocycles. The third-order valence-electron chi connectivity index (χ3n) is 2.37. The molecule has 0 bridgehead atoms. The highest BCUT2D eigenvalue weighted by Crippen LogP contribution is 2.39. The van der Waals surface area contributed by atoms with Crippen LogP contribution in [0.5, 0.6) is 0 Å². The summed E-state index contributed by atoms with van der Waals surface area (Å²) >= 11 is 0. The van der Waals surface area contributed by atoms with Crippen molar-refractivity contribution < 1.29 is 4.79 Å². The summed E-state index contributed by atoms with van der Waals surface area (Å²) in [6.45, 7) is 1.60. The highest BCUT2D eigenvalue weighted by atomic mass is 16.1. The SMILES string of the molecule is CC(=O)c1ccc(C2CC2)cc1. The molecule has 1 aromatic rings. The third-order valence-corrected chi connectivity index (χ3v) is 2.37. The van der Waals surface area contributed by atoms with E-state index in [2.05, 4.69) is 12.1 Å². The van der Waals surface area contributed by atoms with Gasteiger partial charge in [0.1, 0.15) is 0 Å². The molecule has 1 nitrogen and oxygen atoms in total. The summed E-state index contributed by atoms with van der Waals surface area (Å²) in [5, 5.41) is 0. The minimum absolute atomic E-state index is 0.150. The summed E-state index contributed by atoms with van der Waals surface area (Å²) in [5.41, 5.74) is 2.21. The topological polar surface area (TPSA) is 17.1 Å². The van der Waals surface area contributed by atoms with Crippen molar-refractivity contribution >= 4 is 5.78 Å². The molecule has 0 unspecified atom stereocenters. The fraction of sp³-hybridized carbons (Fsp3) is 0.364. The molecule has 1 aromatic carbocycles. The number of carbonyl (C=O) groups is 1. The second-order valence-corrected chi connectivity index (χ2v) is 3.45. The maximum atomic E-state index is 10.9. The van der Waals surface area contributed by atoms with E-state index in [0.29, 0.717) is 0 Å². The van der Waals surface area contributed by atoms with E-state index in [1.165, 1.54) is 18.4 Å². The molecule has 0 N–H and O–H groups in total. The molecule has 0 aliphatic heterocycles. The zero-order valence-electron chi connectivity index (χ0n) is 7.21. The van der Waals surface area contributed by atoms with Crippen molar-refractivity contribution in [3.8, 4) is 0 Å². The largest absolute Gasteiger partial charge is 0.295 e.